The highest BCUT2D eigenvalue weighted by atomic mass is 16.5. The van der Waals surface area contributed by atoms with Crippen LogP contribution in [0.1, 0.15) is 16.8 Å². The normalized spacial score (nSPS) is 15.8. The molecule has 1 fully saturated rings. The van der Waals surface area contributed by atoms with E-state index in [9.17, 15) is 4.79 Å². The Bertz CT molecular complexity index is 1350. The molecule has 2 aliphatic rings. The van der Waals surface area contributed by atoms with Gasteiger partial charge in [-0.15, -0.1) is 0 Å². The SMILES string of the molecule is Cc1c(-c2ccc3c(c2)CC(=O)C3)nc(Nc2ccc(N3CCOCC3)cc2)c2nccn12. The van der Waals surface area contributed by atoms with Crippen molar-refractivity contribution < 1.29 is 9.53 Å². The number of rotatable bonds is 4. The maximum Gasteiger partial charge on any atom is 0.180 e. The van der Waals surface area contributed by atoms with Crippen LogP contribution in [0.4, 0.5) is 17.2 Å². The molecule has 3 heterocycles. The van der Waals surface area contributed by atoms with E-state index in [4.69, 9.17) is 9.72 Å². The molecule has 7 nitrogen and oxygen atoms in total. The zero-order chi connectivity index (χ0) is 22.4. The lowest BCUT2D eigenvalue weighted by Gasteiger charge is -2.28. The summed E-state index contributed by atoms with van der Waals surface area (Å²) in [5.74, 6) is 0.982. The number of fused-ring (bicyclic) bond motifs is 2. The van der Waals surface area contributed by atoms with Gasteiger partial charge in [0, 0.05) is 61.0 Å². The van der Waals surface area contributed by atoms with Gasteiger partial charge in [-0.2, -0.15) is 0 Å². The zero-order valence-electron chi connectivity index (χ0n) is 18.5. The minimum atomic E-state index is 0.278. The third-order valence-corrected chi connectivity index (χ3v) is 6.54. The third-order valence-electron chi connectivity index (χ3n) is 6.54. The summed E-state index contributed by atoms with van der Waals surface area (Å²) in [4.78, 5) is 23.8. The highest BCUT2D eigenvalue weighted by Crippen LogP contribution is 2.31. The fraction of sp³-hybridized carbons (Fsp3) is 0.269. The van der Waals surface area contributed by atoms with Crippen LogP contribution < -0.4 is 10.2 Å². The predicted molar refractivity (Wildman–Crippen MR) is 128 cm³/mol. The second-order valence-electron chi connectivity index (χ2n) is 8.66. The van der Waals surface area contributed by atoms with E-state index in [1.54, 1.807) is 6.20 Å². The first-order valence-corrected chi connectivity index (χ1v) is 11.3. The number of hydrogen-bond donors (Lipinski definition) is 1. The van der Waals surface area contributed by atoms with Crippen LogP contribution in [0.15, 0.2) is 54.9 Å². The van der Waals surface area contributed by atoms with Gasteiger partial charge in [-0.25, -0.2) is 9.97 Å². The van der Waals surface area contributed by atoms with E-state index in [0.29, 0.717) is 18.7 Å². The van der Waals surface area contributed by atoms with E-state index in [2.05, 4.69) is 69.0 Å². The van der Waals surface area contributed by atoms with Crippen molar-refractivity contribution in [3.63, 3.8) is 0 Å². The molecule has 0 spiro atoms. The summed E-state index contributed by atoms with van der Waals surface area (Å²) in [5, 5.41) is 3.47. The van der Waals surface area contributed by atoms with Crippen LogP contribution in [0.5, 0.6) is 0 Å². The molecule has 166 valence electrons. The number of carbonyl (C=O) groups excluding carboxylic acids is 1. The second kappa shape index (κ2) is 8.01. The van der Waals surface area contributed by atoms with Gasteiger partial charge in [0.15, 0.2) is 11.5 Å². The summed E-state index contributed by atoms with van der Waals surface area (Å²) >= 11 is 0. The van der Waals surface area contributed by atoms with Crippen molar-refractivity contribution in [3.8, 4) is 11.3 Å². The first kappa shape index (κ1) is 19.9. The van der Waals surface area contributed by atoms with Crippen molar-refractivity contribution in [2.45, 2.75) is 19.8 Å². The van der Waals surface area contributed by atoms with Crippen LogP contribution in [-0.4, -0.2) is 46.5 Å². The summed E-state index contributed by atoms with van der Waals surface area (Å²) in [6, 6.07) is 14.6. The van der Waals surface area contributed by atoms with Gasteiger partial charge in [0.2, 0.25) is 0 Å². The van der Waals surface area contributed by atoms with E-state index in [1.165, 1.54) is 5.69 Å². The monoisotopic (exact) mass is 439 g/mol. The minimum Gasteiger partial charge on any atom is -0.378 e. The van der Waals surface area contributed by atoms with Crippen LogP contribution in [-0.2, 0) is 22.4 Å². The number of benzene rings is 2. The molecule has 6 rings (SSSR count). The third kappa shape index (κ3) is 3.64. The van der Waals surface area contributed by atoms with Gasteiger partial charge in [-0.05, 0) is 48.4 Å². The number of imidazole rings is 1. The molecule has 0 saturated carbocycles. The lowest BCUT2D eigenvalue weighted by Crippen LogP contribution is -2.36. The largest absolute Gasteiger partial charge is 0.378 e. The summed E-state index contributed by atoms with van der Waals surface area (Å²) < 4.78 is 7.52. The standard InChI is InChI=1S/C26H25N5O2/c1-17-24(19-3-2-18-15-23(32)16-20(18)14-19)29-25(26-27-8-9-31(17)26)28-21-4-6-22(7-5-21)30-10-12-33-13-11-30/h2-9,14H,10-13,15-16H2,1H3,(H,28,29). The first-order valence-electron chi connectivity index (χ1n) is 11.3. The van der Waals surface area contributed by atoms with Crippen molar-refractivity contribution in [1.29, 1.82) is 0 Å². The minimum absolute atomic E-state index is 0.278. The number of nitrogens with one attached hydrogen (secondary N) is 1. The van der Waals surface area contributed by atoms with Crippen molar-refractivity contribution in [2.24, 2.45) is 0 Å². The fourth-order valence-corrected chi connectivity index (χ4v) is 4.77. The van der Waals surface area contributed by atoms with Gasteiger partial charge in [0.25, 0.3) is 0 Å². The molecule has 1 aliphatic carbocycles. The van der Waals surface area contributed by atoms with Gasteiger partial charge in [0.05, 0.1) is 18.9 Å². The summed E-state index contributed by atoms with van der Waals surface area (Å²) in [6.07, 6.45) is 4.80. The van der Waals surface area contributed by atoms with E-state index < -0.39 is 0 Å². The number of hydrogen-bond acceptors (Lipinski definition) is 6. The molecule has 7 heteroatoms. The molecule has 0 unspecified atom stereocenters. The van der Waals surface area contributed by atoms with Crippen LogP contribution in [0, 0.1) is 6.92 Å². The van der Waals surface area contributed by atoms with Crippen molar-refractivity contribution >= 4 is 28.6 Å². The molecule has 33 heavy (non-hydrogen) atoms. The zero-order valence-corrected chi connectivity index (χ0v) is 18.5. The van der Waals surface area contributed by atoms with Crippen LogP contribution in [0.2, 0.25) is 0 Å². The van der Waals surface area contributed by atoms with Gasteiger partial charge in [-0.3, -0.25) is 9.20 Å². The van der Waals surface area contributed by atoms with Gasteiger partial charge in [-0.1, -0.05) is 12.1 Å². The highest BCUT2D eigenvalue weighted by molar-refractivity contribution is 5.89. The van der Waals surface area contributed by atoms with Gasteiger partial charge in [0.1, 0.15) is 5.78 Å². The lowest BCUT2D eigenvalue weighted by molar-refractivity contribution is -0.117. The molecule has 0 radical (unpaired) electrons. The Morgan fingerprint density at radius 2 is 1.79 bits per heavy atom. The molecule has 0 bridgehead atoms. The van der Waals surface area contributed by atoms with Gasteiger partial charge >= 0.3 is 0 Å². The number of aromatic nitrogens is 3. The molecule has 2 aromatic carbocycles. The number of aryl methyl sites for hydroxylation is 1. The van der Waals surface area contributed by atoms with Crippen LogP contribution >= 0.6 is 0 Å². The molecular formula is C26H25N5O2. The Balaban J connectivity index is 1.35. The maximum atomic E-state index is 11.9. The molecule has 0 amide bonds. The number of carbonyl (C=O) groups is 1. The number of ether oxygens (including phenoxy) is 1. The summed E-state index contributed by atoms with van der Waals surface area (Å²) in [6.45, 7) is 5.42. The maximum absolute atomic E-state index is 11.9. The summed E-state index contributed by atoms with van der Waals surface area (Å²) in [5.41, 5.74) is 8.09. The summed E-state index contributed by atoms with van der Waals surface area (Å²) in [7, 11) is 0. The van der Waals surface area contributed by atoms with Crippen molar-refractivity contribution in [1.82, 2.24) is 14.4 Å². The Labute approximate surface area is 192 Å². The van der Waals surface area contributed by atoms with Crippen LogP contribution in [0.3, 0.4) is 0 Å². The fourth-order valence-electron chi connectivity index (χ4n) is 4.77. The second-order valence-corrected chi connectivity index (χ2v) is 8.66. The molecular weight excluding hydrogens is 414 g/mol. The van der Waals surface area contributed by atoms with E-state index in [-0.39, 0.29) is 5.78 Å². The Kier molecular flexibility index (Phi) is 4.84. The quantitative estimate of drug-likeness (QED) is 0.519. The van der Waals surface area contributed by atoms with E-state index in [1.807, 2.05) is 6.20 Å². The Morgan fingerprint density at radius 3 is 2.61 bits per heavy atom. The number of ketones is 1. The first-order chi connectivity index (χ1) is 16.2. The molecule has 1 aliphatic heterocycles. The number of nitrogens with zero attached hydrogens (tertiary/aromatic N) is 4. The molecule has 1 saturated heterocycles. The average Bonchev–Trinajstić information content (AvgIpc) is 3.48. The molecule has 4 aromatic rings. The average molecular weight is 440 g/mol. The van der Waals surface area contributed by atoms with E-state index in [0.717, 1.165) is 65.7 Å². The molecule has 1 N–H and O–H groups in total. The van der Waals surface area contributed by atoms with Gasteiger partial charge < -0.3 is 15.0 Å². The smallest absolute Gasteiger partial charge is 0.180 e. The predicted octanol–water partition coefficient (Wildman–Crippen LogP) is 3.95. The topological polar surface area (TPSA) is 71.8 Å². The number of morpholine rings is 1. The lowest BCUT2D eigenvalue weighted by atomic mass is 10.0. The highest BCUT2D eigenvalue weighted by Gasteiger charge is 2.21. The number of Topliss-reactive ketones (excluding diaryl/α,β-unsaturated/α-hetero) is 1. The molecule has 0 atom stereocenters. The van der Waals surface area contributed by atoms with Crippen molar-refractivity contribution in [3.05, 3.63) is 71.7 Å². The Hall–Kier alpha value is -3.71. The van der Waals surface area contributed by atoms with E-state index >= 15 is 0 Å². The van der Waals surface area contributed by atoms with Crippen LogP contribution in [0.25, 0.3) is 16.9 Å². The molecule has 2 aromatic heterocycles. The Morgan fingerprint density at radius 1 is 1.00 bits per heavy atom. The van der Waals surface area contributed by atoms with Crippen molar-refractivity contribution in [2.75, 3.05) is 36.5 Å². The number of anilines is 3.